The van der Waals surface area contributed by atoms with Crippen LogP contribution in [0.3, 0.4) is 0 Å². The summed E-state index contributed by atoms with van der Waals surface area (Å²) in [6.07, 6.45) is -0.380. The lowest BCUT2D eigenvalue weighted by Crippen LogP contribution is -2.33. The Morgan fingerprint density at radius 2 is 1.55 bits per heavy atom. The van der Waals surface area contributed by atoms with E-state index < -0.39 is 0 Å². The average Bonchev–Trinajstić information content (AvgIpc) is 2.81. The topological polar surface area (TPSA) is 35.5 Å². The predicted molar refractivity (Wildman–Crippen MR) is 83.7 cm³/mol. The third kappa shape index (κ3) is 2.09. The van der Waals surface area contributed by atoms with Crippen LogP contribution in [0, 0.1) is 5.41 Å². The minimum atomic E-state index is -0.380. The summed E-state index contributed by atoms with van der Waals surface area (Å²) in [4.78, 5) is 12.5. The van der Waals surface area contributed by atoms with E-state index in [1.807, 2.05) is 42.5 Å². The minimum Gasteiger partial charge on any atom is -0.348 e. The van der Waals surface area contributed by atoms with Crippen LogP contribution in [0.4, 0.5) is 0 Å². The zero-order chi connectivity index (χ0) is 15.3. The highest BCUT2D eigenvalue weighted by molar-refractivity contribution is 6.21. The Bertz CT molecular complexity index is 751. The van der Waals surface area contributed by atoms with E-state index in [0.29, 0.717) is 13.2 Å². The molecule has 0 spiro atoms. The SMILES string of the molecule is CC1(C)COC(c2ccc3c(c2)C(=O)c2ccccc2-3)OC1. The number of carbonyl (C=O) groups excluding carboxylic acids is 1. The summed E-state index contributed by atoms with van der Waals surface area (Å²) in [6, 6.07) is 13.7. The Labute approximate surface area is 129 Å². The van der Waals surface area contributed by atoms with Gasteiger partial charge in [0.1, 0.15) is 0 Å². The number of carbonyl (C=O) groups is 1. The Kier molecular flexibility index (Phi) is 2.96. The van der Waals surface area contributed by atoms with Crippen molar-refractivity contribution in [3.63, 3.8) is 0 Å². The van der Waals surface area contributed by atoms with Crippen molar-refractivity contribution in [2.24, 2.45) is 5.41 Å². The van der Waals surface area contributed by atoms with E-state index in [-0.39, 0.29) is 17.5 Å². The van der Waals surface area contributed by atoms with Crippen molar-refractivity contribution in [2.75, 3.05) is 13.2 Å². The molecule has 2 aromatic carbocycles. The van der Waals surface area contributed by atoms with Crippen LogP contribution in [-0.4, -0.2) is 19.0 Å². The second-order valence-electron chi connectivity index (χ2n) is 6.80. The highest BCUT2D eigenvalue weighted by Crippen LogP contribution is 2.39. The molecular formula is C19H18O3. The monoisotopic (exact) mass is 294 g/mol. The molecule has 0 atom stereocenters. The number of fused-ring (bicyclic) bond motifs is 3. The van der Waals surface area contributed by atoms with Crippen LogP contribution in [0.15, 0.2) is 42.5 Å². The van der Waals surface area contributed by atoms with Crippen molar-refractivity contribution < 1.29 is 14.3 Å². The number of hydrogen-bond donors (Lipinski definition) is 0. The zero-order valence-corrected chi connectivity index (χ0v) is 12.8. The number of benzene rings is 2. The molecule has 2 aromatic rings. The Balaban J connectivity index is 1.68. The van der Waals surface area contributed by atoms with E-state index in [1.54, 1.807) is 0 Å². The van der Waals surface area contributed by atoms with E-state index in [9.17, 15) is 4.79 Å². The largest absolute Gasteiger partial charge is 0.348 e. The van der Waals surface area contributed by atoms with Crippen molar-refractivity contribution in [1.82, 2.24) is 0 Å². The first-order chi connectivity index (χ1) is 10.6. The fraction of sp³-hybridized carbons (Fsp3) is 0.316. The molecule has 1 heterocycles. The maximum atomic E-state index is 12.5. The molecule has 3 nitrogen and oxygen atoms in total. The molecule has 0 unspecified atom stereocenters. The average molecular weight is 294 g/mol. The molecule has 0 aromatic heterocycles. The summed E-state index contributed by atoms with van der Waals surface area (Å²) in [5.74, 6) is 0.0867. The second kappa shape index (κ2) is 4.77. The predicted octanol–water partition coefficient (Wildman–Crippen LogP) is 3.97. The number of ether oxygens (including phenoxy) is 2. The van der Waals surface area contributed by atoms with Gasteiger partial charge < -0.3 is 9.47 Å². The summed E-state index contributed by atoms with van der Waals surface area (Å²) in [5.41, 5.74) is 4.49. The van der Waals surface area contributed by atoms with Crippen molar-refractivity contribution in [3.05, 3.63) is 59.2 Å². The zero-order valence-electron chi connectivity index (χ0n) is 12.8. The van der Waals surface area contributed by atoms with Crippen LogP contribution >= 0.6 is 0 Å². The maximum Gasteiger partial charge on any atom is 0.194 e. The fourth-order valence-corrected chi connectivity index (χ4v) is 3.08. The van der Waals surface area contributed by atoms with Crippen molar-refractivity contribution in [3.8, 4) is 11.1 Å². The number of rotatable bonds is 1. The van der Waals surface area contributed by atoms with Gasteiger partial charge in [0.2, 0.25) is 0 Å². The quantitative estimate of drug-likeness (QED) is 0.681. The number of ketones is 1. The van der Waals surface area contributed by atoms with E-state index >= 15 is 0 Å². The van der Waals surface area contributed by atoms with Crippen LogP contribution in [0.25, 0.3) is 11.1 Å². The molecule has 4 rings (SSSR count). The first-order valence-electron chi connectivity index (χ1n) is 7.56. The van der Waals surface area contributed by atoms with Crippen molar-refractivity contribution in [2.45, 2.75) is 20.1 Å². The van der Waals surface area contributed by atoms with Gasteiger partial charge in [-0.15, -0.1) is 0 Å². The van der Waals surface area contributed by atoms with Gasteiger partial charge >= 0.3 is 0 Å². The van der Waals surface area contributed by atoms with Crippen LogP contribution in [0.5, 0.6) is 0 Å². The van der Waals surface area contributed by atoms with Crippen LogP contribution in [0.1, 0.15) is 41.6 Å². The van der Waals surface area contributed by atoms with Gasteiger partial charge in [0, 0.05) is 22.1 Å². The lowest BCUT2D eigenvalue weighted by Gasteiger charge is -2.34. The Hall–Kier alpha value is -1.97. The third-order valence-corrected chi connectivity index (χ3v) is 4.27. The summed E-state index contributed by atoms with van der Waals surface area (Å²) in [7, 11) is 0. The van der Waals surface area contributed by atoms with Crippen LogP contribution in [0.2, 0.25) is 0 Å². The summed E-state index contributed by atoms with van der Waals surface area (Å²) in [6.45, 7) is 5.55. The first-order valence-corrected chi connectivity index (χ1v) is 7.56. The first kappa shape index (κ1) is 13.7. The lowest BCUT2D eigenvalue weighted by molar-refractivity contribution is -0.226. The molecule has 1 aliphatic heterocycles. The van der Waals surface area contributed by atoms with Crippen LogP contribution < -0.4 is 0 Å². The lowest BCUT2D eigenvalue weighted by atomic mass is 9.95. The standard InChI is InChI=1S/C19H18O3/c1-19(2)10-21-18(22-11-19)12-7-8-14-13-5-3-4-6-15(13)17(20)16(14)9-12/h3-9,18H,10-11H2,1-2H3. The normalized spacial score (nSPS) is 19.8. The number of hydrogen-bond acceptors (Lipinski definition) is 3. The van der Waals surface area contributed by atoms with Gasteiger partial charge in [-0.1, -0.05) is 50.2 Å². The van der Waals surface area contributed by atoms with Crippen molar-refractivity contribution in [1.29, 1.82) is 0 Å². The van der Waals surface area contributed by atoms with E-state index in [0.717, 1.165) is 27.8 Å². The molecule has 0 radical (unpaired) electrons. The van der Waals surface area contributed by atoms with Crippen molar-refractivity contribution >= 4 is 5.78 Å². The molecule has 112 valence electrons. The summed E-state index contributed by atoms with van der Waals surface area (Å²) >= 11 is 0. The van der Waals surface area contributed by atoms with Gasteiger partial charge in [-0.3, -0.25) is 4.79 Å². The highest BCUT2D eigenvalue weighted by Gasteiger charge is 2.31. The molecule has 0 bridgehead atoms. The minimum absolute atomic E-state index is 0.0410. The smallest absolute Gasteiger partial charge is 0.194 e. The van der Waals surface area contributed by atoms with E-state index in [2.05, 4.69) is 13.8 Å². The van der Waals surface area contributed by atoms with Gasteiger partial charge in [-0.25, -0.2) is 0 Å². The Morgan fingerprint density at radius 1 is 0.909 bits per heavy atom. The van der Waals surface area contributed by atoms with E-state index in [1.165, 1.54) is 0 Å². The molecule has 1 aliphatic carbocycles. The Morgan fingerprint density at radius 3 is 2.27 bits per heavy atom. The van der Waals surface area contributed by atoms with Gasteiger partial charge in [0.15, 0.2) is 12.1 Å². The van der Waals surface area contributed by atoms with Crippen LogP contribution in [-0.2, 0) is 9.47 Å². The maximum absolute atomic E-state index is 12.5. The van der Waals surface area contributed by atoms with Gasteiger partial charge in [-0.05, 0) is 17.2 Å². The van der Waals surface area contributed by atoms with Gasteiger partial charge in [0.25, 0.3) is 0 Å². The van der Waals surface area contributed by atoms with Gasteiger partial charge in [-0.2, -0.15) is 0 Å². The fourth-order valence-electron chi connectivity index (χ4n) is 3.08. The molecule has 0 saturated carbocycles. The summed E-state index contributed by atoms with van der Waals surface area (Å²) < 4.78 is 11.6. The van der Waals surface area contributed by atoms with E-state index in [4.69, 9.17) is 9.47 Å². The molecule has 22 heavy (non-hydrogen) atoms. The molecule has 3 heteroatoms. The molecule has 1 saturated heterocycles. The molecule has 2 aliphatic rings. The third-order valence-electron chi connectivity index (χ3n) is 4.27. The molecule has 0 amide bonds. The summed E-state index contributed by atoms with van der Waals surface area (Å²) in [5, 5.41) is 0. The molecule has 1 fully saturated rings. The molecular weight excluding hydrogens is 276 g/mol. The van der Waals surface area contributed by atoms with Gasteiger partial charge in [0.05, 0.1) is 13.2 Å². The second-order valence-corrected chi connectivity index (χ2v) is 6.80. The highest BCUT2D eigenvalue weighted by atomic mass is 16.7. The molecule has 0 N–H and O–H groups in total.